The normalized spacial score (nSPS) is 12.3. The van der Waals surface area contributed by atoms with Gasteiger partial charge in [0.1, 0.15) is 0 Å². The minimum atomic E-state index is -4.17. The first kappa shape index (κ1) is 17.6. The van der Waals surface area contributed by atoms with Gasteiger partial charge in [-0.3, -0.25) is 0 Å². The SMILES string of the molecule is CC(C)CNCCn1nnnc1SCCSC(F)(F)F. The number of nitrogens with zero attached hydrogens (tertiary/aromatic N) is 4. The molecular weight excluding hydrogens is 311 g/mol. The lowest BCUT2D eigenvalue weighted by atomic mass is 10.2. The van der Waals surface area contributed by atoms with E-state index >= 15 is 0 Å². The Morgan fingerprint density at radius 3 is 2.70 bits per heavy atom. The van der Waals surface area contributed by atoms with Gasteiger partial charge in [0.15, 0.2) is 0 Å². The van der Waals surface area contributed by atoms with Crippen LogP contribution in [0.15, 0.2) is 5.16 Å². The smallest absolute Gasteiger partial charge is 0.315 e. The van der Waals surface area contributed by atoms with E-state index in [2.05, 4.69) is 34.7 Å². The Hall–Kier alpha value is -0.480. The molecule has 1 aromatic heterocycles. The molecule has 0 fully saturated rings. The minimum Gasteiger partial charge on any atom is -0.315 e. The lowest BCUT2D eigenvalue weighted by molar-refractivity contribution is -0.0326. The second-order valence-electron chi connectivity index (χ2n) is 4.43. The minimum absolute atomic E-state index is 0.00732. The molecule has 0 aliphatic heterocycles. The third kappa shape index (κ3) is 7.95. The summed E-state index contributed by atoms with van der Waals surface area (Å²) in [6.45, 7) is 6.47. The molecule has 0 aliphatic rings. The van der Waals surface area contributed by atoms with E-state index in [0.29, 0.717) is 23.4 Å². The maximum atomic E-state index is 12.0. The lowest BCUT2D eigenvalue weighted by Gasteiger charge is -2.08. The van der Waals surface area contributed by atoms with E-state index in [1.807, 2.05) is 0 Å². The van der Waals surface area contributed by atoms with E-state index in [1.165, 1.54) is 11.8 Å². The molecule has 0 spiro atoms. The highest BCUT2D eigenvalue weighted by Crippen LogP contribution is 2.31. The van der Waals surface area contributed by atoms with Crippen LogP contribution in [-0.2, 0) is 6.54 Å². The number of thioether (sulfide) groups is 2. The van der Waals surface area contributed by atoms with Crippen LogP contribution in [0.5, 0.6) is 0 Å². The van der Waals surface area contributed by atoms with E-state index in [1.54, 1.807) is 4.68 Å². The highest BCUT2D eigenvalue weighted by Gasteiger charge is 2.27. The summed E-state index contributed by atoms with van der Waals surface area (Å²) in [7, 11) is 0. The summed E-state index contributed by atoms with van der Waals surface area (Å²) in [6.07, 6.45) is 0. The molecule has 0 bridgehead atoms. The second kappa shape index (κ2) is 8.73. The molecule has 5 nitrogen and oxygen atoms in total. The van der Waals surface area contributed by atoms with Crippen LogP contribution in [0.25, 0.3) is 0 Å². The number of rotatable bonds is 9. The van der Waals surface area contributed by atoms with Gasteiger partial charge >= 0.3 is 5.51 Å². The van der Waals surface area contributed by atoms with Gasteiger partial charge in [0.05, 0.1) is 6.54 Å². The molecule has 0 unspecified atom stereocenters. The fraction of sp³-hybridized carbons (Fsp3) is 0.900. The van der Waals surface area contributed by atoms with E-state index < -0.39 is 5.51 Å². The van der Waals surface area contributed by atoms with Crippen LogP contribution >= 0.6 is 23.5 Å². The van der Waals surface area contributed by atoms with Gasteiger partial charge in [0.25, 0.3) is 0 Å². The number of hydrogen-bond donors (Lipinski definition) is 1. The Morgan fingerprint density at radius 1 is 1.30 bits per heavy atom. The fourth-order valence-corrected chi connectivity index (χ4v) is 2.76. The molecule has 1 aromatic rings. The summed E-state index contributed by atoms with van der Waals surface area (Å²) in [5.41, 5.74) is -4.17. The van der Waals surface area contributed by atoms with Crippen molar-refractivity contribution in [3.63, 3.8) is 0 Å². The van der Waals surface area contributed by atoms with Crippen molar-refractivity contribution in [2.75, 3.05) is 24.6 Å². The van der Waals surface area contributed by atoms with Crippen molar-refractivity contribution >= 4 is 23.5 Å². The van der Waals surface area contributed by atoms with Gasteiger partial charge in [-0.05, 0) is 22.9 Å². The van der Waals surface area contributed by atoms with E-state index in [0.717, 1.165) is 13.1 Å². The summed E-state index contributed by atoms with van der Waals surface area (Å²) >= 11 is 1.21. The third-order valence-electron chi connectivity index (χ3n) is 2.13. The first-order chi connectivity index (χ1) is 9.38. The Morgan fingerprint density at radius 2 is 2.05 bits per heavy atom. The van der Waals surface area contributed by atoms with Crippen molar-refractivity contribution in [2.45, 2.75) is 31.1 Å². The summed E-state index contributed by atoms with van der Waals surface area (Å²) in [6, 6.07) is 0. The zero-order valence-electron chi connectivity index (χ0n) is 11.4. The molecule has 1 heterocycles. The maximum absolute atomic E-state index is 12.0. The van der Waals surface area contributed by atoms with Crippen molar-refractivity contribution in [1.82, 2.24) is 25.5 Å². The molecule has 0 amide bonds. The quantitative estimate of drug-likeness (QED) is 0.554. The van der Waals surface area contributed by atoms with Gasteiger partial charge in [-0.25, -0.2) is 4.68 Å². The predicted molar refractivity (Wildman–Crippen MR) is 74.8 cm³/mol. The zero-order valence-corrected chi connectivity index (χ0v) is 13.0. The van der Waals surface area contributed by atoms with Gasteiger partial charge in [0.2, 0.25) is 5.16 Å². The van der Waals surface area contributed by atoms with Crippen LogP contribution in [0.2, 0.25) is 0 Å². The highest BCUT2D eigenvalue weighted by atomic mass is 32.2. The summed E-state index contributed by atoms with van der Waals surface area (Å²) in [5, 5.41) is 15.0. The number of hydrogen-bond acceptors (Lipinski definition) is 6. The highest BCUT2D eigenvalue weighted by molar-refractivity contribution is 8.03. The second-order valence-corrected chi connectivity index (χ2v) is 6.65. The Bertz CT molecular complexity index is 383. The number of alkyl halides is 3. The Kier molecular flexibility index (Phi) is 7.67. The van der Waals surface area contributed by atoms with Crippen LogP contribution < -0.4 is 5.32 Å². The standard InChI is InChI=1S/C10H18F3N5S2/c1-8(2)7-14-3-4-18-9(15-16-17-18)19-5-6-20-10(11,12)13/h8,14H,3-7H2,1-2H3. The van der Waals surface area contributed by atoms with E-state index in [9.17, 15) is 13.2 Å². The maximum Gasteiger partial charge on any atom is 0.441 e. The molecule has 116 valence electrons. The Labute approximate surface area is 124 Å². The van der Waals surface area contributed by atoms with Crippen LogP contribution in [-0.4, -0.2) is 50.3 Å². The molecule has 1 rings (SSSR count). The average molecular weight is 329 g/mol. The van der Waals surface area contributed by atoms with Gasteiger partial charge in [-0.2, -0.15) is 13.2 Å². The number of tetrazole rings is 1. The lowest BCUT2D eigenvalue weighted by Crippen LogP contribution is -2.24. The molecule has 1 N–H and O–H groups in total. The average Bonchev–Trinajstić information content (AvgIpc) is 2.76. The van der Waals surface area contributed by atoms with Crippen LogP contribution in [0.3, 0.4) is 0 Å². The summed E-state index contributed by atoms with van der Waals surface area (Å²) in [5.74, 6) is 0.883. The van der Waals surface area contributed by atoms with Crippen molar-refractivity contribution in [3.05, 3.63) is 0 Å². The largest absolute Gasteiger partial charge is 0.441 e. The van der Waals surface area contributed by atoms with Crippen molar-refractivity contribution in [3.8, 4) is 0 Å². The first-order valence-electron chi connectivity index (χ1n) is 6.19. The molecule has 0 radical (unpaired) electrons. The molecule has 0 aliphatic carbocycles. The van der Waals surface area contributed by atoms with E-state index in [4.69, 9.17) is 0 Å². The monoisotopic (exact) mass is 329 g/mol. The van der Waals surface area contributed by atoms with Gasteiger partial charge in [-0.15, -0.1) is 5.10 Å². The van der Waals surface area contributed by atoms with Gasteiger partial charge < -0.3 is 5.32 Å². The molecule has 0 saturated carbocycles. The third-order valence-corrected chi connectivity index (χ3v) is 4.09. The molecule has 0 aromatic carbocycles. The fourth-order valence-electron chi connectivity index (χ4n) is 1.31. The predicted octanol–water partition coefficient (Wildman–Crippen LogP) is 2.26. The molecular formula is C10H18F3N5S2. The van der Waals surface area contributed by atoms with E-state index in [-0.39, 0.29) is 17.5 Å². The Balaban J connectivity index is 2.24. The van der Waals surface area contributed by atoms with Gasteiger partial charge in [0, 0.05) is 18.1 Å². The molecule has 20 heavy (non-hydrogen) atoms. The van der Waals surface area contributed by atoms with Crippen molar-refractivity contribution in [2.24, 2.45) is 5.92 Å². The van der Waals surface area contributed by atoms with Crippen molar-refractivity contribution in [1.29, 1.82) is 0 Å². The topological polar surface area (TPSA) is 55.6 Å². The number of halogens is 3. The van der Waals surface area contributed by atoms with Crippen LogP contribution in [0.1, 0.15) is 13.8 Å². The molecule has 0 saturated heterocycles. The molecule has 0 atom stereocenters. The zero-order chi connectivity index (χ0) is 15.0. The number of nitrogens with one attached hydrogen (secondary N) is 1. The molecule has 10 heteroatoms. The van der Waals surface area contributed by atoms with Gasteiger partial charge in [-0.1, -0.05) is 37.4 Å². The van der Waals surface area contributed by atoms with Crippen LogP contribution in [0, 0.1) is 5.92 Å². The summed E-state index contributed by atoms with van der Waals surface area (Å²) < 4.78 is 37.5. The van der Waals surface area contributed by atoms with Crippen molar-refractivity contribution < 1.29 is 13.2 Å². The first-order valence-corrected chi connectivity index (χ1v) is 8.16. The number of aromatic nitrogens is 4. The van der Waals surface area contributed by atoms with Crippen LogP contribution in [0.4, 0.5) is 13.2 Å². The summed E-state index contributed by atoms with van der Waals surface area (Å²) in [4.78, 5) is 0.